The summed E-state index contributed by atoms with van der Waals surface area (Å²) >= 11 is 1.29. The molecule has 2 atom stereocenters. The molecule has 1 heterocycles. The van der Waals surface area contributed by atoms with Crippen LogP contribution in [0.2, 0.25) is 0 Å². The molecule has 2 rings (SSSR count). The van der Waals surface area contributed by atoms with Gasteiger partial charge in [0.1, 0.15) is 5.76 Å². The van der Waals surface area contributed by atoms with Gasteiger partial charge >= 0.3 is 0 Å². The molecule has 7 heteroatoms. The van der Waals surface area contributed by atoms with Crippen LogP contribution in [-0.2, 0) is 9.59 Å². The van der Waals surface area contributed by atoms with Crippen molar-refractivity contribution in [2.24, 2.45) is 0 Å². The number of hydrogen-bond acceptors (Lipinski definition) is 5. The minimum absolute atomic E-state index is 0.0682. The average molecular weight is 375 g/mol. The lowest BCUT2D eigenvalue weighted by Crippen LogP contribution is -2.31. The summed E-state index contributed by atoms with van der Waals surface area (Å²) in [6.45, 7) is 6.22. The van der Waals surface area contributed by atoms with Gasteiger partial charge in [-0.2, -0.15) is 0 Å². The number of amides is 2. The molecule has 2 amide bonds. The number of nitrogens with one attached hydrogen (secondary N) is 2. The monoisotopic (exact) mass is 375 g/mol. The van der Waals surface area contributed by atoms with Crippen LogP contribution in [0.3, 0.4) is 0 Å². The standard InChI is InChI=1S/C19H25N3O3S/c1-4-15(16-8-6-5-7-9-16)11-20-18(23)12-26-14(3)19(24)21-17-10-13(2)25-22-17/h5-10,14-15H,4,11-12H2,1-3H3,(H,20,23)(H,21,22,24). The summed E-state index contributed by atoms with van der Waals surface area (Å²) in [4.78, 5) is 24.2. The van der Waals surface area contributed by atoms with Crippen molar-refractivity contribution in [1.29, 1.82) is 0 Å². The number of hydrogen-bond donors (Lipinski definition) is 2. The van der Waals surface area contributed by atoms with E-state index in [1.54, 1.807) is 19.9 Å². The summed E-state index contributed by atoms with van der Waals surface area (Å²) < 4.78 is 4.91. The average Bonchev–Trinajstić information content (AvgIpc) is 3.05. The van der Waals surface area contributed by atoms with Gasteiger partial charge in [-0.05, 0) is 25.8 Å². The minimum Gasteiger partial charge on any atom is -0.360 e. The predicted octanol–water partition coefficient (Wildman–Crippen LogP) is 3.35. The van der Waals surface area contributed by atoms with Crippen molar-refractivity contribution in [1.82, 2.24) is 10.5 Å². The van der Waals surface area contributed by atoms with E-state index in [1.807, 2.05) is 18.2 Å². The maximum Gasteiger partial charge on any atom is 0.238 e. The second-order valence-electron chi connectivity index (χ2n) is 6.09. The van der Waals surface area contributed by atoms with E-state index in [-0.39, 0.29) is 22.8 Å². The van der Waals surface area contributed by atoms with Crippen molar-refractivity contribution in [3.8, 4) is 0 Å². The zero-order valence-corrected chi connectivity index (χ0v) is 16.1. The number of carbonyl (C=O) groups excluding carboxylic acids is 2. The van der Waals surface area contributed by atoms with E-state index in [0.717, 1.165) is 6.42 Å². The second kappa shape index (κ2) is 10.0. The lowest BCUT2D eigenvalue weighted by Gasteiger charge is -2.16. The molecule has 2 aromatic rings. The molecule has 2 N–H and O–H groups in total. The predicted molar refractivity (Wildman–Crippen MR) is 104 cm³/mol. The first-order chi connectivity index (χ1) is 12.5. The Labute approximate surface area is 158 Å². The van der Waals surface area contributed by atoms with Crippen LogP contribution in [0.4, 0.5) is 5.82 Å². The maximum atomic E-state index is 12.1. The molecule has 0 saturated heterocycles. The van der Waals surface area contributed by atoms with Gasteiger partial charge < -0.3 is 15.2 Å². The fourth-order valence-electron chi connectivity index (χ4n) is 2.44. The third-order valence-corrected chi connectivity index (χ3v) is 5.17. The van der Waals surface area contributed by atoms with E-state index in [4.69, 9.17) is 4.52 Å². The van der Waals surface area contributed by atoms with Gasteiger partial charge in [0.2, 0.25) is 11.8 Å². The van der Waals surface area contributed by atoms with Crippen LogP contribution in [-0.4, -0.2) is 34.5 Å². The Hall–Kier alpha value is -2.28. The molecule has 6 nitrogen and oxygen atoms in total. The normalized spacial score (nSPS) is 13.0. The largest absolute Gasteiger partial charge is 0.360 e. The van der Waals surface area contributed by atoms with Gasteiger partial charge in [-0.15, -0.1) is 11.8 Å². The molecule has 2 unspecified atom stereocenters. The zero-order chi connectivity index (χ0) is 18.9. The molecular formula is C19H25N3O3S. The number of benzene rings is 1. The minimum atomic E-state index is -0.367. The van der Waals surface area contributed by atoms with Crippen molar-refractivity contribution < 1.29 is 14.1 Å². The quantitative estimate of drug-likeness (QED) is 0.702. The molecule has 0 aliphatic carbocycles. The Bertz CT molecular complexity index is 718. The number of carbonyl (C=O) groups is 2. The van der Waals surface area contributed by atoms with Crippen LogP contribution in [0.25, 0.3) is 0 Å². The Morgan fingerprint density at radius 3 is 2.62 bits per heavy atom. The molecule has 0 aliphatic rings. The fourth-order valence-corrected chi connectivity index (χ4v) is 3.15. The van der Waals surface area contributed by atoms with Crippen LogP contribution >= 0.6 is 11.8 Å². The Morgan fingerprint density at radius 2 is 2.00 bits per heavy atom. The van der Waals surface area contributed by atoms with Crippen molar-refractivity contribution >= 4 is 29.4 Å². The number of aromatic nitrogens is 1. The highest BCUT2D eigenvalue weighted by molar-refractivity contribution is 8.01. The first-order valence-electron chi connectivity index (χ1n) is 8.67. The molecule has 0 aliphatic heterocycles. The molecule has 0 saturated carbocycles. The molecule has 140 valence electrons. The first-order valence-corrected chi connectivity index (χ1v) is 9.72. The highest BCUT2D eigenvalue weighted by Crippen LogP contribution is 2.18. The smallest absolute Gasteiger partial charge is 0.238 e. The number of nitrogens with zero attached hydrogens (tertiary/aromatic N) is 1. The Kier molecular flexibility index (Phi) is 7.72. The zero-order valence-electron chi connectivity index (χ0n) is 15.3. The number of rotatable bonds is 9. The molecule has 0 bridgehead atoms. The summed E-state index contributed by atoms with van der Waals surface area (Å²) in [5.74, 6) is 1.27. The number of anilines is 1. The van der Waals surface area contributed by atoms with Gasteiger partial charge in [0.25, 0.3) is 0 Å². The second-order valence-corrected chi connectivity index (χ2v) is 7.41. The summed E-state index contributed by atoms with van der Waals surface area (Å²) in [5.41, 5.74) is 1.22. The third kappa shape index (κ3) is 6.22. The first kappa shape index (κ1) is 20.0. The van der Waals surface area contributed by atoms with Crippen molar-refractivity contribution in [2.75, 3.05) is 17.6 Å². The molecule has 0 radical (unpaired) electrons. The van der Waals surface area contributed by atoms with Crippen molar-refractivity contribution in [3.63, 3.8) is 0 Å². The van der Waals surface area contributed by atoms with Gasteiger partial charge in [0.15, 0.2) is 5.82 Å². The number of thioether (sulfide) groups is 1. The van der Waals surface area contributed by atoms with Gasteiger partial charge in [-0.3, -0.25) is 9.59 Å². The molecule has 0 spiro atoms. The van der Waals surface area contributed by atoms with Crippen molar-refractivity contribution in [3.05, 3.63) is 47.7 Å². The van der Waals surface area contributed by atoms with Gasteiger partial charge in [0.05, 0.1) is 11.0 Å². The SMILES string of the molecule is CCC(CNC(=O)CSC(C)C(=O)Nc1cc(C)on1)c1ccccc1. The van der Waals surface area contributed by atoms with Gasteiger partial charge in [0, 0.05) is 18.5 Å². The van der Waals surface area contributed by atoms with E-state index < -0.39 is 0 Å². The Morgan fingerprint density at radius 1 is 1.27 bits per heavy atom. The van der Waals surface area contributed by atoms with E-state index in [9.17, 15) is 9.59 Å². The van der Waals surface area contributed by atoms with Crippen LogP contribution in [0.1, 0.15) is 37.5 Å². The topological polar surface area (TPSA) is 84.2 Å². The lowest BCUT2D eigenvalue weighted by atomic mass is 9.96. The molecule has 1 aromatic heterocycles. The molecule has 1 aromatic carbocycles. The van der Waals surface area contributed by atoms with Gasteiger partial charge in [-0.25, -0.2) is 0 Å². The van der Waals surface area contributed by atoms with Crippen LogP contribution in [0.5, 0.6) is 0 Å². The number of aryl methyl sites for hydroxylation is 1. The molecule has 26 heavy (non-hydrogen) atoms. The summed E-state index contributed by atoms with van der Waals surface area (Å²) in [7, 11) is 0. The Balaban J connectivity index is 1.72. The van der Waals surface area contributed by atoms with E-state index in [1.165, 1.54) is 17.3 Å². The lowest BCUT2D eigenvalue weighted by molar-refractivity contribution is -0.118. The van der Waals surface area contributed by atoms with E-state index in [2.05, 4.69) is 34.8 Å². The highest BCUT2D eigenvalue weighted by atomic mass is 32.2. The maximum absolute atomic E-state index is 12.1. The molecule has 0 fully saturated rings. The fraction of sp³-hybridized carbons (Fsp3) is 0.421. The van der Waals surface area contributed by atoms with Crippen molar-refractivity contribution in [2.45, 2.75) is 38.4 Å². The third-order valence-electron chi connectivity index (χ3n) is 4.02. The van der Waals surface area contributed by atoms with Crippen LogP contribution < -0.4 is 10.6 Å². The van der Waals surface area contributed by atoms with Crippen LogP contribution in [0.15, 0.2) is 40.9 Å². The van der Waals surface area contributed by atoms with Crippen LogP contribution in [0, 0.1) is 6.92 Å². The summed E-state index contributed by atoms with van der Waals surface area (Å²) in [5, 5.41) is 8.99. The van der Waals surface area contributed by atoms with E-state index in [0.29, 0.717) is 24.0 Å². The summed E-state index contributed by atoms with van der Waals surface area (Å²) in [6.07, 6.45) is 0.952. The highest BCUT2D eigenvalue weighted by Gasteiger charge is 2.17. The summed E-state index contributed by atoms with van der Waals surface area (Å²) in [6, 6.07) is 11.8. The van der Waals surface area contributed by atoms with Gasteiger partial charge in [-0.1, -0.05) is 42.4 Å². The molecular weight excluding hydrogens is 350 g/mol. The van der Waals surface area contributed by atoms with E-state index >= 15 is 0 Å².